The smallest absolute Gasteiger partial charge is 0.234 e. The van der Waals surface area contributed by atoms with Gasteiger partial charge in [-0.25, -0.2) is 0 Å². The van der Waals surface area contributed by atoms with Crippen molar-refractivity contribution in [3.8, 4) is 0 Å². The number of hydrogen-bond donors (Lipinski definition) is 2. The number of rotatable bonds is 4. The van der Waals surface area contributed by atoms with E-state index in [1.165, 1.54) is 0 Å². The second-order valence-corrected chi connectivity index (χ2v) is 5.63. The van der Waals surface area contributed by atoms with Gasteiger partial charge in [0.25, 0.3) is 0 Å². The minimum Gasteiger partial charge on any atom is -0.352 e. The van der Waals surface area contributed by atoms with E-state index in [2.05, 4.69) is 17.1 Å². The fourth-order valence-corrected chi connectivity index (χ4v) is 2.16. The fraction of sp³-hybridized carbons (Fsp3) is 0.917. The van der Waals surface area contributed by atoms with E-state index in [4.69, 9.17) is 5.73 Å². The number of nitrogens with two attached hydrogens (primary N) is 1. The lowest BCUT2D eigenvalue weighted by Crippen LogP contribution is -2.46. The predicted molar refractivity (Wildman–Crippen MR) is 64.0 cm³/mol. The van der Waals surface area contributed by atoms with Crippen LogP contribution in [0.5, 0.6) is 0 Å². The number of nitrogens with one attached hydrogen (secondary N) is 1. The molecule has 0 aromatic carbocycles. The van der Waals surface area contributed by atoms with E-state index >= 15 is 0 Å². The Morgan fingerprint density at radius 2 is 2.06 bits per heavy atom. The highest BCUT2D eigenvalue weighted by Gasteiger charge is 2.30. The minimum atomic E-state index is 0.193. The van der Waals surface area contributed by atoms with Crippen molar-refractivity contribution in [3.05, 3.63) is 0 Å². The number of hydrogen-bond acceptors (Lipinski definition) is 3. The Bertz CT molecular complexity index is 255. The number of carbonyl (C=O) groups excluding carboxylic acids is 1. The summed E-state index contributed by atoms with van der Waals surface area (Å²) in [5, 5.41) is 3.03. The first-order valence-electron chi connectivity index (χ1n) is 6.33. The molecule has 16 heavy (non-hydrogen) atoms. The van der Waals surface area contributed by atoms with Crippen LogP contribution < -0.4 is 11.1 Å². The zero-order valence-electron chi connectivity index (χ0n) is 10.2. The van der Waals surface area contributed by atoms with Crippen molar-refractivity contribution < 1.29 is 4.79 Å². The highest BCUT2D eigenvalue weighted by Crippen LogP contribution is 2.29. The van der Waals surface area contributed by atoms with Crippen LogP contribution in [0.2, 0.25) is 0 Å². The topological polar surface area (TPSA) is 58.4 Å². The molecule has 0 aromatic rings. The van der Waals surface area contributed by atoms with Gasteiger partial charge in [0.1, 0.15) is 0 Å². The van der Waals surface area contributed by atoms with E-state index in [9.17, 15) is 4.79 Å². The molecule has 4 nitrogen and oxygen atoms in total. The van der Waals surface area contributed by atoms with E-state index in [1.807, 2.05) is 0 Å². The number of likely N-dealkylation sites (tertiary alicyclic amines) is 1. The van der Waals surface area contributed by atoms with Crippen LogP contribution >= 0.6 is 0 Å². The van der Waals surface area contributed by atoms with Crippen molar-refractivity contribution in [1.82, 2.24) is 10.2 Å². The van der Waals surface area contributed by atoms with Gasteiger partial charge in [-0.05, 0) is 50.7 Å². The molecule has 0 unspecified atom stereocenters. The first-order chi connectivity index (χ1) is 7.61. The zero-order chi connectivity index (χ0) is 11.6. The van der Waals surface area contributed by atoms with Gasteiger partial charge in [0, 0.05) is 6.04 Å². The molecule has 4 heteroatoms. The molecule has 2 aliphatic rings. The van der Waals surface area contributed by atoms with Crippen molar-refractivity contribution >= 4 is 5.91 Å². The normalized spacial score (nSPS) is 25.4. The Hall–Kier alpha value is -0.610. The summed E-state index contributed by atoms with van der Waals surface area (Å²) in [7, 11) is 0. The second-order valence-electron chi connectivity index (χ2n) is 5.63. The Morgan fingerprint density at radius 3 is 2.56 bits per heavy atom. The van der Waals surface area contributed by atoms with Gasteiger partial charge in [-0.2, -0.15) is 0 Å². The first-order valence-corrected chi connectivity index (χ1v) is 6.33. The van der Waals surface area contributed by atoms with Gasteiger partial charge in [0.15, 0.2) is 0 Å². The quantitative estimate of drug-likeness (QED) is 0.725. The predicted octanol–water partition coefficient (Wildman–Crippen LogP) is 0.326. The average molecular weight is 225 g/mol. The molecule has 3 N–H and O–H groups in total. The lowest BCUT2D eigenvalue weighted by molar-refractivity contribution is -0.122. The fourth-order valence-electron chi connectivity index (χ4n) is 2.16. The number of piperidine rings is 1. The molecular weight excluding hydrogens is 202 g/mol. The SMILES string of the molecule is CC1(CN)CCN(CC(=O)NC2CC2)CC1. The van der Waals surface area contributed by atoms with Crippen molar-refractivity contribution in [2.45, 2.75) is 38.6 Å². The summed E-state index contributed by atoms with van der Waals surface area (Å²) in [5.41, 5.74) is 6.06. The molecule has 1 amide bonds. The van der Waals surface area contributed by atoms with E-state index < -0.39 is 0 Å². The molecule has 2 rings (SSSR count). The van der Waals surface area contributed by atoms with Crippen LogP contribution in [0.3, 0.4) is 0 Å². The van der Waals surface area contributed by atoms with Crippen LogP contribution in [0.25, 0.3) is 0 Å². The third-order valence-electron chi connectivity index (χ3n) is 3.87. The molecule has 1 saturated carbocycles. The van der Waals surface area contributed by atoms with E-state index in [-0.39, 0.29) is 5.91 Å². The Balaban J connectivity index is 1.69. The lowest BCUT2D eigenvalue weighted by atomic mass is 9.80. The van der Waals surface area contributed by atoms with Crippen LogP contribution in [0.1, 0.15) is 32.6 Å². The van der Waals surface area contributed by atoms with E-state index in [1.54, 1.807) is 0 Å². The first kappa shape index (κ1) is 11.9. The van der Waals surface area contributed by atoms with Crippen LogP contribution in [-0.4, -0.2) is 43.0 Å². The zero-order valence-corrected chi connectivity index (χ0v) is 10.2. The van der Waals surface area contributed by atoms with Gasteiger partial charge >= 0.3 is 0 Å². The molecule has 0 bridgehead atoms. The highest BCUT2D eigenvalue weighted by atomic mass is 16.2. The molecule has 0 spiro atoms. The van der Waals surface area contributed by atoms with Crippen LogP contribution in [-0.2, 0) is 4.79 Å². The maximum Gasteiger partial charge on any atom is 0.234 e. The van der Waals surface area contributed by atoms with Crippen molar-refractivity contribution in [2.24, 2.45) is 11.1 Å². The monoisotopic (exact) mass is 225 g/mol. The number of nitrogens with zero attached hydrogens (tertiary/aromatic N) is 1. The highest BCUT2D eigenvalue weighted by molar-refractivity contribution is 5.78. The molecule has 2 fully saturated rings. The lowest BCUT2D eigenvalue weighted by Gasteiger charge is -2.38. The summed E-state index contributed by atoms with van der Waals surface area (Å²) >= 11 is 0. The number of carbonyl (C=O) groups is 1. The minimum absolute atomic E-state index is 0.193. The van der Waals surface area contributed by atoms with Crippen LogP contribution in [0.15, 0.2) is 0 Å². The third kappa shape index (κ3) is 3.19. The maximum absolute atomic E-state index is 11.6. The largest absolute Gasteiger partial charge is 0.352 e. The standard InChI is InChI=1S/C12H23N3O/c1-12(9-13)4-6-15(7-5-12)8-11(16)14-10-2-3-10/h10H,2-9,13H2,1H3,(H,14,16). The Morgan fingerprint density at radius 1 is 1.44 bits per heavy atom. The van der Waals surface area contributed by atoms with Crippen molar-refractivity contribution in [1.29, 1.82) is 0 Å². The van der Waals surface area contributed by atoms with Crippen molar-refractivity contribution in [2.75, 3.05) is 26.2 Å². The van der Waals surface area contributed by atoms with E-state index in [0.717, 1.165) is 45.3 Å². The Labute approximate surface area is 97.6 Å². The molecule has 92 valence electrons. The Kier molecular flexibility index (Phi) is 3.50. The molecule has 1 saturated heterocycles. The summed E-state index contributed by atoms with van der Waals surface area (Å²) in [6.07, 6.45) is 4.55. The molecule has 0 atom stereocenters. The van der Waals surface area contributed by atoms with Crippen LogP contribution in [0.4, 0.5) is 0 Å². The molecule has 1 aliphatic carbocycles. The van der Waals surface area contributed by atoms with Gasteiger partial charge < -0.3 is 11.1 Å². The summed E-state index contributed by atoms with van der Waals surface area (Å²) in [6, 6.07) is 0.478. The molecule has 0 radical (unpaired) electrons. The third-order valence-corrected chi connectivity index (χ3v) is 3.87. The van der Waals surface area contributed by atoms with Gasteiger partial charge in [0.2, 0.25) is 5.91 Å². The molecule has 0 aromatic heterocycles. The molecule has 1 aliphatic heterocycles. The van der Waals surface area contributed by atoms with Gasteiger partial charge in [0.05, 0.1) is 6.54 Å². The summed E-state index contributed by atoms with van der Waals surface area (Å²) < 4.78 is 0. The maximum atomic E-state index is 11.6. The molecular formula is C12H23N3O. The summed E-state index contributed by atoms with van der Waals surface area (Å²) in [6.45, 7) is 5.58. The molecule has 1 heterocycles. The van der Waals surface area contributed by atoms with Gasteiger partial charge in [-0.15, -0.1) is 0 Å². The van der Waals surface area contributed by atoms with Crippen LogP contribution in [0, 0.1) is 5.41 Å². The number of amides is 1. The van der Waals surface area contributed by atoms with E-state index in [0.29, 0.717) is 18.0 Å². The summed E-state index contributed by atoms with van der Waals surface area (Å²) in [4.78, 5) is 13.9. The van der Waals surface area contributed by atoms with Gasteiger partial charge in [-0.1, -0.05) is 6.92 Å². The van der Waals surface area contributed by atoms with Gasteiger partial charge in [-0.3, -0.25) is 9.69 Å². The second kappa shape index (κ2) is 4.72. The average Bonchev–Trinajstić information content (AvgIpc) is 3.06. The summed E-state index contributed by atoms with van der Waals surface area (Å²) in [5.74, 6) is 0.193. The van der Waals surface area contributed by atoms with Crippen molar-refractivity contribution in [3.63, 3.8) is 0 Å².